The van der Waals surface area contributed by atoms with E-state index in [2.05, 4.69) is 107 Å². The zero-order chi connectivity index (χ0) is 73.2. The first kappa shape index (κ1) is 96.0. The number of carbonyl (C=O) groups is 4. The smallest absolute Gasteiger partial charge is 0.462 e. The first-order chi connectivity index (χ1) is 48.7. The molecule has 0 aliphatic rings. The number of phosphoric acid groups is 2. The minimum atomic E-state index is -4.99. The minimum Gasteiger partial charge on any atom is -0.462 e. The summed E-state index contributed by atoms with van der Waals surface area (Å²) in [6.45, 7) is 4.67. The maximum atomic E-state index is 13.1. The highest BCUT2D eigenvalue weighted by Crippen LogP contribution is 2.45. The molecule has 0 aliphatic heterocycles. The van der Waals surface area contributed by atoms with Crippen LogP contribution in [0.5, 0.6) is 0 Å². The lowest BCUT2D eigenvalue weighted by Crippen LogP contribution is -2.30. The highest BCUT2D eigenvalue weighted by molar-refractivity contribution is 7.47. The number of esters is 4. The van der Waals surface area contributed by atoms with Gasteiger partial charge < -0.3 is 33.8 Å². The predicted octanol–water partition coefficient (Wildman–Crippen LogP) is 22.8. The Morgan fingerprint density at radius 1 is 0.290 bits per heavy atom. The second kappa shape index (κ2) is 73.3. The zero-order valence-corrected chi connectivity index (χ0v) is 64.9. The van der Waals surface area contributed by atoms with Gasteiger partial charge in [-0.05, 0) is 116 Å². The number of hydrogen-bond donors (Lipinski definition) is 3. The summed E-state index contributed by atoms with van der Waals surface area (Å²) >= 11 is 0. The molecule has 0 fully saturated rings. The molecule has 578 valence electrons. The predicted molar refractivity (Wildman–Crippen MR) is 409 cm³/mol. The molecule has 0 aromatic heterocycles. The largest absolute Gasteiger partial charge is 0.472 e. The molecule has 0 bridgehead atoms. The molecule has 0 aromatic carbocycles. The van der Waals surface area contributed by atoms with Gasteiger partial charge in [0.15, 0.2) is 12.2 Å². The number of rotatable bonds is 74. The normalized spacial score (nSPS) is 14.4. The molecule has 19 heteroatoms. The molecular weight excluding hydrogens is 1310 g/mol. The van der Waals surface area contributed by atoms with Crippen molar-refractivity contribution >= 4 is 39.5 Å². The molecule has 0 saturated carbocycles. The van der Waals surface area contributed by atoms with Crippen molar-refractivity contribution in [3.8, 4) is 0 Å². The molecule has 0 amide bonds. The van der Waals surface area contributed by atoms with Gasteiger partial charge in [-0.15, -0.1) is 0 Å². The third-order valence-corrected chi connectivity index (χ3v) is 18.4. The molecule has 0 heterocycles. The van der Waals surface area contributed by atoms with Crippen LogP contribution in [0.4, 0.5) is 0 Å². The highest BCUT2D eigenvalue weighted by Gasteiger charge is 2.30. The van der Waals surface area contributed by atoms with Crippen molar-refractivity contribution < 1.29 is 80.2 Å². The quantitative estimate of drug-likeness (QED) is 0.0169. The van der Waals surface area contributed by atoms with Crippen molar-refractivity contribution in [2.75, 3.05) is 39.6 Å². The van der Waals surface area contributed by atoms with E-state index < -0.39 is 97.5 Å². The van der Waals surface area contributed by atoms with Gasteiger partial charge in [-0.25, -0.2) is 9.13 Å². The molecule has 0 saturated heterocycles. The number of unbranched alkanes of at least 4 members (excludes halogenated alkanes) is 32. The maximum Gasteiger partial charge on any atom is 0.472 e. The van der Waals surface area contributed by atoms with Crippen LogP contribution in [-0.2, 0) is 65.4 Å². The summed E-state index contributed by atoms with van der Waals surface area (Å²) in [5, 5.41) is 10.6. The SMILES string of the molecule is CC/C=C\C/C=C\C/C=C\C/C=C\C/C=C\C/C=C\CCC(=O)OCC(COP(=O)(O)OCC(O)COP(=O)(O)OCC(COC(=O)CCCCCCC/C=C\CCCCCCCC)OC(=O)CCCCCCC/C=C\CCCCCCCC)OC(=O)CCCCCCCCCCCCC. The molecule has 17 nitrogen and oxygen atoms in total. The van der Waals surface area contributed by atoms with Gasteiger partial charge in [0.05, 0.1) is 26.4 Å². The molecule has 0 radical (unpaired) electrons. The summed E-state index contributed by atoms with van der Waals surface area (Å²) in [7, 11) is -9.97. The first-order valence-corrected chi connectivity index (χ1v) is 42.5. The Morgan fingerprint density at radius 2 is 0.540 bits per heavy atom. The second-order valence-corrected chi connectivity index (χ2v) is 29.2. The lowest BCUT2D eigenvalue weighted by Gasteiger charge is -2.21. The van der Waals surface area contributed by atoms with Crippen LogP contribution in [0.1, 0.15) is 336 Å². The van der Waals surface area contributed by atoms with Gasteiger partial charge in [0.2, 0.25) is 0 Å². The molecule has 0 rings (SSSR count). The van der Waals surface area contributed by atoms with Crippen LogP contribution in [0.15, 0.2) is 97.2 Å². The summed E-state index contributed by atoms with van der Waals surface area (Å²) in [6.07, 6.45) is 76.9. The Kier molecular flexibility index (Phi) is 70.4. The summed E-state index contributed by atoms with van der Waals surface area (Å²) < 4.78 is 68.4. The van der Waals surface area contributed by atoms with E-state index in [1.807, 2.05) is 18.2 Å². The third-order valence-electron chi connectivity index (χ3n) is 16.5. The minimum absolute atomic E-state index is 0.0376. The fraction of sp³-hybridized carbons (Fsp3) is 0.753. The van der Waals surface area contributed by atoms with Crippen molar-refractivity contribution in [3.05, 3.63) is 97.2 Å². The molecule has 0 spiro atoms. The number of phosphoric ester groups is 2. The van der Waals surface area contributed by atoms with Gasteiger partial charge in [-0.1, -0.05) is 292 Å². The van der Waals surface area contributed by atoms with Crippen molar-refractivity contribution in [1.82, 2.24) is 0 Å². The average molecular weight is 1450 g/mol. The Bertz CT molecular complexity index is 2270. The number of aliphatic hydroxyl groups is 1. The summed E-state index contributed by atoms with van der Waals surface area (Å²) in [5.41, 5.74) is 0. The van der Waals surface area contributed by atoms with Crippen LogP contribution in [0.2, 0.25) is 0 Å². The van der Waals surface area contributed by atoms with E-state index in [1.54, 1.807) is 0 Å². The number of carbonyl (C=O) groups excluding carboxylic acids is 4. The van der Waals surface area contributed by atoms with Gasteiger partial charge in [0.25, 0.3) is 0 Å². The van der Waals surface area contributed by atoms with Crippen molar-refractivity contribution in [2.45, 2.75) is 354 Å². The molecule has 100 heavy (non-hydrogen) atoms. The summed E-state index contributed by atoms with van der Waals surface area (Å²) in [6, 6.07) is 0. The van der Waals surface area contributed by atoms with E-state index in [1.165, 1.54) is 116 Å². The first-order valence-electron chi connectivity index (χ1n) is 39.5. The van der Waals surface area contributed by atoms with Gasteiger partial charge in [-0.3, -0.25) is 37.3 Å². The van der Waals surface area contributed by atoms with Crippen LogP contribution < -0.4 is 0 Å². The topological polar surface area (TPSA) is 237 Å². The van der Waals surface area contributed by atoms with Gasteiger partial charge in [-0.2, -0.15) is 0 Å². The van der Waals surface area contributed by atoms with Crippen molar-refractivity contribution in [3.63, 3.8) is 0 Å². The van der Waals surface area contributed by atoms with E-state index in [0.717, 1.165) is 135 Å². The Hall–Kier alpha value is -4.02. The van der Waals surface area contributed by atoms with Crippen LogP contribution in [0.25, 0.3) is 0 Å². The van der Waals surface area contributed by atoms with Crippen LogP contribution >= 0.6 is 15.6 Å². The highest BCUT2D eigenvalue weighted by atomic mass is 31.2. The number of hydrogen-bond acceptors (Lipinski definition) is 15. The fourth-order valence-corrected chi connectivity index (χ4v) is 12.1. The standard InChI is InChI=1S/C81H142O17P2/c1-5-9-13-17-21-25-29-32-35-36-37-38-41-43-47-50-54-58-62-66-79(84)91-71-76(97-80(85)67-63-59-55-51-45-28-24-20-16-12-8-4)73-95-99(87,88)93-69-75(82)70-94-100(89,90)96-74-77(98-81(86)68-64-60-56-52-48-44-40-34-31-27-23-19-15-11-7-3)72-92-78(83)65-61-57-53-49-46-42-39-33-30-26-22-18-14-10-6-2/h9,13,21,25,32-35,37-40,43,47,54,58,75-77,82H,5-8,10-12,14-20,22-24,26-31,36,41-42,44-46,48-53,55-57,59-74H2,1-4H3,(H,87,88)(H,89,90)/b13-9-,25-21-,35-32-,38-37-,39-33-,40-34-,47-43-,58-54-. The van der Waals surface area contributed by atoms with Crippen LogP contribution in [-0.4, -0.2) is 96.7 Å². The fourth-order valence-electron chi connectivity index (χ4n) is 10.5. The molecule has 3 N–H and O–H groups in total. The van der Waals surface area contributed by atoms with Gasteiger partial charge >= 0.3 is 39.5 Å². The van der Waals surface area contributed by atoms with Gasteiger partial charge in [0, 0.05) is 25.7 Å². The van der Waals surface area contributed by atoms with E-state index in [4.69, 9.17) is 37.0 Å². The van der Waals surface area contributed by atoms with Gasteiger partial charge in [0.1, 0.15) is 19.3 Å². The number of allylic oxidation sites excluding steroid dienone is 16. The Morgan fingerprint density at radius 3 is 0.860 bits per heavy atom. The van der Waals surface area contributed by atoms with E-state index in [-0.39, 0.29) is 25.7 Å². The molecule has 5 atom stereocenters. The Balaban J connectivity index is 5.37. The number of ether oxygens (including phenoxy) is 4. The lowest BCUT2D eigenvalue weighted by atomic mass is 10.1. The monoisotopic (exact) mass is 1450 g/mol. The summed E-state index contributed by atoms with van der Waals surface area (Å²) in [4.78, 5) is 72.8. The van der Waals surface area contributed by atoms with Crippen LogP contribution in [0, 0.1) is 0 Å². The van der Waals surface area contributed by atoms with Crippen molar-refractivity contribution in [2.24, 2.45) is 0 Å². The Labute approximate surface area is 607 Å². The second-order valence-electron chi connectivity index (χ2n) is 26.3. The number of aliphatic hydroxyl groups excluding tert-OH is 1. The summed E-state index contributed by atoms with van der Waals surface area (Å²) in [5.74, 6) is -2.27. The van der Waals surface area contributed by atoms with Crippen molar-refractivity contribution in [1.29, 1.82) is 0 Å². The zero-order valence-electron chi connectivity index (χ0n) is 63.1. The third kappa shape index (κ3) is 72.3. The van der Waals surface area contributed by atoms with Crippen LogP contribution in [0.3, 0.4) is 0 Å². The molecule has 0 aliphatic carbocycles. The maximum absolute atomic E-state index is 13.1. The van der Waals surface area contributed by atoms with E-state index >= 15 is 0 Å². The molecule has 0 aromatic rings. The average Bonchev–Trinajstić information content (AvgIpc) is 0.953. The van der Waals surface area contributed by atoms with E-state index in [0.29, 0.717) is 32.1 Å². The molecule has 5 unspecified atom stereocenters. The molecular formula is C81H142O17P2. The van der Waals surface area contributed by atoms with E-state index in [9.17, 15) is 43.2 Å². The lowest BCUT2D eigenvalue weighted by molar-refractivity contribution is -0.161.